The molecule has 1 aromatic carbocycles. The van der Waals surface area contributed by atoms with E-state index in [2.05, 4.69) is 5.32 Å². The van der Waals surface area contributed by atoms with Crippen molar-refractivity contribution >= 4 is 29.9 Å². The third-order valence-electron chi connectivity index (χ3n) is 4.21. The van der Waals surface area contributed by atoms with Gasteiger partial charge in [0.2, 0.25) is 0 Å². The predicted octanol–water partition coefficient (Wildman–Crippen LogP) is 2.66. The first kappa shape index (κ1) is 19.8. The van der Waals surface area contributed by atoms with Gasteiger partial charge >= 0.3 is 0 Å². The Morgan fingerprint density at radius 1 is 1.23 bits per heavy atom. The first-order valence-electron chi connectivity index (χ1n) is 8.18. The zero-order valence-corrected chi connectivity index (χ0v) is 15.3. The highest BCUT2D eigenvalue weighted by molar-refractivity contribution is 6.06. The van der Waals surface area contributed by atoms with Gasteiger partial charge in [0.05, 0.1) is 24.9 Å². The van der Waals surface area contributed by atoms with Crippen LogP contribution < -0.4 is 15.8 Å². The molecule has 8 heteroatoms. The van der Waals surface area contributed by atoms with Gasteiger partial charge in [-0.15, -0.1) is 12.4 Å². The SMILES string of the molecule is COc1ccc(C(=O)N2CCCC2)cc1NC(=O)c1coc(CN)c1.Cl. The Morgan fingerprint density at radius 3 is 2.58 bits per heavy atom. The van der Waals surface area contributed by atoms with E-state index in [0.717, 1.165) is 25.9 Å². The van der Waals surface area contributed by atoms with Crippen LogP contribution in [-0.4, -0.2) is 36.9 Å². The van der Waals surface area contributed by atoms with Crippen LogP contribution in [0.1, 0.15) is 39.3 Å². The number of hydrogen-bond acceptors (Lipinski definition) is 5. The minimum Gasteiger partial charge on any atom is -0.495 e. The van der Waals surface area contributed by atoms with Crippen molar-refractivity contribution in [3.63, 3.8) is 0 Å². The quantitative estimate of drug-likeness (QED) is 0.832. The van der Waals surface area contributed by atoms with E-state index in [1.165, 1.54) is 13.4 Å². The molecule has 7 nitrogen and oxygen atoms in total. The molecule has 0 aliphatic carbocycles. The highest BCUT2D eigenvalue weighted by Crippen LogP contribution is 2.27. The summed E-state index contributed by atoms with van der Waals surface area (Å²) in [7, 11) is 1.51. The molecule has 0 bridgehead atoms. The van der Waals surface area contributed by atoms with Gasteiger partial charge in [-0.2, -0.15) is 0 Å². The zero-order valence-electron chi connectivity index (χ0n) is 14.5. The van der Waals surface area contributed by atoms with E-state index in [-0.39, 0.29) is 30.8 Å². The number of furan rings is 1. The monoisotopic (exact) mass is 379 g/mol. The minimum absolute atomic E-state index is 0. The van der Waals surface area contributed by atoms with Crippen LogP contribution in [0.25, 0.3) is 0 Å². The molecule has 2 amide bonds. The predicted molar refractivity (Wildman–Crippen MR) is 99.9 cm³/mol. The molecular weight excluding hydrogens is 358 g/mol. The fourth-order valence-corrected chi connectivity index (χ4v) is 2.84. The number of amides is 2. The summed E-state index contributed by atoms with van der Waals surface area (Å²) in [4.78, 5) is 26.7. The number of likely N-dealkylation sites (tertiary alicyclic amines) is 1. The van der Waals surface area contributed by atoms with Gasteiger partial charge in [0.25, 0.3) is 11.8 Å². The lowest BCUT2D eigenvalue weighted by atomic mass is 10.1. The molecule has 26 heavy (non-hydrogen) atoms. The van der Waals surface area contributed by atoms with Crippen molar-refractivity contribution in [3.05, 3.63) is 47.4 Å². The summed E-state index contributed by atoms with van der Waals surface area (Å²) >= 11 is 0. The van der Waals surface area contributed by atoms with E-state index in [1.807, 2.05) is 4.90 Å². The second kappa shape index (κ2) is 8.73. The lowest BCUT2D eigenvalue weighted by molar-refractivity contribution is 0.0792. The first-order chi connectivity index (χ1) is 12.1. The van der Waals surface area contributed by atoms with Crippen molar-refractivity contribution in [3.8, 4) is 5.75 Å². The molecule has 1 aromatic heterocycles. The second-order valence-electron chi connectivity index (χ2n) is 5.87. The molecule has 2 heterocycles. The molecule has 0 radical (unpaired) electrons. The Balaban J connectivity index is 0.00000243. The maximum Gasteiger partial charge on any atom is 0.259 e. The first-order valence-corrected chi connectivity index (χ1v) is 8.18. The van der Waals surface area contributed by atoms with E-state index in [0.29, 0.717) is 28.3 Å². The fraction of sp³-hybridized carbons (Fsp3) is 0.333. The number of rotatable bonds is 5. The summed E-state index contributed by atoms with van der Waals surface area (Å²) in [5.41, 5.74) is 6.81. The van der Waals surface area contributed by atoms with Gasteiger partial charge in [-0.3, -0.25) is 9.59 Å². The van der Waals surface area contributed by atoms with Crippen LogP contribution in [0.5, 0.6) is 5.75 Å². The normalized spacial score (nSPS) is 13.2. The van der Waals surface area contributed by atoms with Crippen LogP contribution in [-0.2, 0) is 6.54 Å². The Morgan fingerprint density at radius 2 is 1.96 bits per heavy atom. The Hall–Kier alpha value is -2.51. The number of methoxy groups -OCH3 is 1. The fourth-order valence-electron chi connectivity index (χ4n) is 2.84. The Kier molecular flexibility index (Phi) is 6.65. The van der Waals surface area contributed by atoms with Gasteiger partial charge in [0, 0.05) is 18.7 Å². The third kappa shape index (κ3) is 4.17. The molecule has 2 aromatic rings. The van der Waals surface area contributed by atoms with Crippen LogP contribution in [0.3, 0.4) is 0 Å². The van der Waals surface area contributed by atoms with E-state index in [4.69, 9.17) is 14.9 Å². The van der Waals surface area contributed by atoms with Gasteiger partial charge in [-0.25, -0.2) is 0 Å². The van der Waals surface area contributed by atoms with Crippen molar-refractivity contribution in [1.82, 2.24) is 4.90 Å². The topological polar surface area (TPSA) is 97.8 Å². The summed E-state index contributed by atoms with van der Waals surface area (Å²) in [6.07, 6.45) is 3.40. The van der Waals surface area contributed by atoms with Gasteiger partial charge in [0.15, 0.2) is 0 Å². The Bertz CT molecular complexity index is 784. The summed E-state index contributed by atoms with van der Waals surface area (Å²) < 4.78 is 10.5. The number of hydrogen-bond donors (Lipinski definition) is 2. The molecule has 0 unspecified atom stereocenters. The molecule has 3 rings (SSSR count). The van der Waals surface area contributed by atoms with Crippen LogP contribution in [0.2, 0.25) is 0 Å². The minimum atomic E-state index is -0.354. The van der Waals surface area contributed by atoms with Crippen molar-refractivity contribution in [2.45, 2.75) is 19.4 Å². The molecule has 1 aliphatic rings. The van der Waals surface area contributed by atoms with Crippen molar-refractivity contribution in [1.29, 1.82) is 0 Å². The second-order valence-corrected chi connectivity index (χ2v) is 5.87. The van der Waals surface area contributed by atoms with E-state index in [9.17, 15) is 9.59 Å². The summed E-state index contributed by atoms with van der Waals surface area (Å²) in [6, 6.07) is 6.61. The molecule has 1 fully saturated rings. The standard InChI is InChI=1S/C18H21N3O4.ClH/c1-24-16-5-4-12(18(23)21-6-2-3-7-21)9-15(16)20-17(22)13-8-14(10-19)25-11-13;/h4-5,8-9,11H,2-3,6-7,10,19H2,1H3,(H,20,22);1H. The van der Waals surface area contributed by atoms with Crippen LogP contribution >= 0.6 is 12.4 Å². The third-order valence-corrected chi connectivity index (χ3v) is 4.21. The zero-order chi connectivity index (χ0) is 17.8. The maximum atomic E-state index is 12.5. The number of anilines is 1. The highest BCUT2D eigenvalue weighted by Gasteiger charge is 2.21. The van der Waals surface area contributed by atoms with E-state index < -0.39 is 0 Å². The molecule has 0 spiro atoms. The number of halogens is 1. The average Bonchev–Trinajstić information content (AvgIpc) is 3.32. The highest BCUT2D eigenvalue weighted by atomic mass is 35.5. The molecule has 1 aliphatic heterocycles. The summed E-state index contributed by atoms with van der Waals surface area (Å²) in [6.45, 7) is 1.75. The van der Waals surface area contributed by atoms with Crippen LogP contribution in [0.15, 0.2) is 34.9 Å². The molecule has 3 N–H and O–H groups in total. The molecule has 1 saturated heterocycles. The van der Waals surface area contributed by atoms with Gasteiger partial charge in [-0.1, -0.05) is 0 Å². The van der Waals surface area contributed by atoms with Crippen molar-refractivity contribution in [2.75, 3.05) is 25.5 Å². The lowest BCUT2D eigenvalue weighted by Crippen LogP contribution is -2.27. The van der Waals surface area contributed by atoms with Crippen molar-refractivity contribution < 1.29 is 18.7 Å². The smallest absolute Gasteiger partial charge is 0.259 e. The van der Waals surface area contributed by atoms with Gasteiger partial charge in [0.1, 0.15) is 17.8 Å². The summed E-state index contributed by atoms with van der Waals surface area (Å²) in [5.74, 6) is 0.612. The molecule has 0 saturated carbocycles. The molecular formula is C18H22ClN3O4. The number of ether oxygens (including phenoxy) is 1. The molecule has 140 valence electrons. The van der Waals surface area contributed by atoms with E-state index >= 15 is 0 Å². The largest absolute Gasteiger partial charge is 0.495 e. The Labute approximate surface area is 157 Å². The van der Waals surface area contributed by atoms with Gasteiger partial charge < -0.3 is 25.1 Å². The van der Waals surface area contributed by atoms with E-state index in [1.54, 1.807) is 24.3 Å². The van der Waals surface area contributed by atoms with Crippen molar-refractivity contribution in [2.24, 2.45) is 5.73 Å². The number of nitrogens with one attached hydrogen (secondary N) is 1. The lowest BCUT2D eigenvalue weighted by Gasteiger charge is -2.17. The van der Waals surface area contributed by atoms with Gasteiger partial charge in [-0.05, 0) is 37.1 Å². The van der Waals surface area contributed by atoms with Crippen LogP contribution in [0, 0.1) is 0 Å². The number of carbonyl (C=O) groups excluding carboxylic acids is 2. The molecule has 0 atom stereocenters. The number of nitrogens with two attached hydrogens (primary N) is 1. The maximum absolute atomic E-state index is 12.5. The summed E-state index contributed by atoms with van der Waals surface area (Å²) in [5, 5.41) is 2.77. The number of carbonyl (C=O) groups is 2. The number of nitrogens with zero attached hydrogens (tertiary/aromatic N) is 1. The number of benzene rings is 1. The average molecular weight is 380 g/mol. The van der Waals surface area contributed by atoms with Crippen LogP contribution in [0.4, 0.5) is 5.69 Å².